The van der Waals surface area contributed by atoms with Crippen LogP contribution in [-0.2, 0) is 9.59 Å². The summed E-state index contributed by atoms with van der Waals surface area (Å²) >= 11 is 0. The quantitative estimate of drug-likeness (QED) is 0.502. The van der Waals surface area contributed by atoms with Gasteiger partial charge in [-0.2, -0.15) is 0 Å². The number of hydrogen-bond donors (Lipinski definition) is 1. The molecule has 0 amide bonds. The van der Waals surface area contributed by atoms with Crippen molar-refractivity contribution in [2.75, 3.05) is 5.32 Å². The predicted octanol–water partition coefficient (Wildman–Crippen LogP) is 3.04. The number of benzene rings is 1. The summed E-state index contributed by atoms with van der Waals surface area (Å²) in [6.07, 6.45) is -2.68. The van der Waals surface area contributed by atoms with Gasteiger partial charge in [0, 0.05) is 17.3 Å². The van der Waals surface area contributed by atoms with E-state index in [-0.39, 0.29) is 17.0 Å². The number of carbonyl (C=O) groups excluding carboxylic acids is 2. The number of anilines is 1. The van der Waals surface area contributed by atoms with Crippen LogP contribution in [0.3, 0.4) is 0 Å². The Kier molecular flexibility index (Phi) is 5.16. The molecule has 0 aliphatic heterocycles. The molecule has 130 valence electrons. The summed E-state index contributed by atoms with van der Waals surface area (Å²) in [6.45, 7) is 4.62. The molecule has 0 saturated heterocycles. The van der Waals surface area contributed by atoms with Crippen molar-refractivity contribution in [2.24, 2.45) is 9.98 Å². The van der Waals surface area contributed by atoms with Crippen molar-refractivity contribution in [3.05, 3.63) is 47.3 Å². The van der Waals surface area contributed by atoms with Crippen molar-refractivity contribution in [1.82, 2.24) is 0 Å². The van der Waals surface area contributed by atoms with E-state index < -0.39 is 23.7 Å². The highest BCUT2D eigenvalue weighted by Gasteiger charge is 2.31. The van der Waals surface area contributed by atoms with Gasteiger partial charge in [0.15, 0.2) is 0 Å². The fourth-order valence-corrected chi connectivity index (χ4v) is 2.01. The molecule has 6 nitrogen and oxygen atoms in total. The number of alkyl halides is 3. The molecule has 0 bridgehead atoms. The minimum atomic E-state index is -4.79. The number of rotatable bonds is 5. The Balaban J connectivity index is 2.16. The number of carbonyl (C=O) groups is 2. The molecule has 0 atom stereocenters. The lowest BCUT2D eigenvalue weighted by molar-refractivity contribution is -0.274. The van der Waals surface area contributed by atoms with Crippen molar-refractivity contribution in [1.29, 1.82) is 0 Å². The number of ketones is 2. The van der Waals surface area contributed by atoms with E-state index in [1.54, 1.807) is 0 Å². The van der Waals surface area contributed by atoms with Gasteiger partial charge >= 0.3 is 6.36 Å². The molecule has 0 saturated carbocycles. The van der Waals surface area contributed by atoms with Crippen LogP contribution in [0.2, 0.25) is 0 Å². The second-order valence-corrected chi connectivity index (χ2v) is 4.85. The van der Waals surface area contributed by atoms with Crippen LogP contribution in [0.15, 0.2) is 57.3 Å². The normalized spacial score (nSPS) is 15.4. The maximum Gasteiger partial charge on any atom is 0.573 e. The molecule has 1 aromatic rings. The molecule has 0 aromatic heterocycles. The van der Waals surface area contributed by atoms with Crippen molar-refractivity contribution < 1.29 is 27.5 Å². The van der Waals surface area contributed by atoms with Crippen LogP contribution in [0.25, 0.3) is 0 Å². The minimum Gasteiger partial charge on any atom is -0.406 e. The molecule has 0 radical (unpaired) electrons. The molecule has 25 heavy (non-hydrogen) atoms. The molecule has 0 unspecified atom stereocenters. The van der Waals surface area contributed by atoms with E-state index in [1.165, 1.54) is 19.1 Å². The number of ether oxygens (including phenoxy) is 1. The van der Waals surface area contributed by atoms with E-state index >= 15 is 0 Å². The highest BCUT2D eigenvalue weighted by molar-refractivity contribution is 6.23. The van der Waals surface area contributed by atoms with Crippen molar-refractivity contribution in [3.8, 4) is 5.75 Å². The maximum absolute atomic E-state index is 12.3. The predicted molar refractivity (Wildman–Crippen MR) is 85.6 cm³/mol. The third-order valence-corrected chi connectivity index (χ3v) is 3.08. The molecular weight excluding hydrogens is 339 g/mol. The zero-order valence-corrected chi connectivity index (χ0v) is 12.9. The van der Waals surface area contributed by atoms with Gasteiger partial charge in [-0.25, -0.2) is 4.99 Å². The highest BCUT2D eigenvalue weighted by atomic mass is 19.4. The lowest BCUT2D eigenvalue weighted by Crippen LogP contribution is -2.21. The summed E-state index contributed by atoms with van der Waals surface area (Å²) in [4.78, 5) is 31.4. The van der Waals surface area contributed by atoms with E-state index in [0.29, 0.717) is 5.69 Å². The first-order valence-corrected chi connectivity index (χ1v) is 6.84. The summed E-state index contributed by atoms with van der Waals surface area (Å²) in [7, 11) is 0. The zero-order chi connectivity index (χ0) is 18.6. The molecule has 1 aliphatic rings. The Morgan fingerprint density at radius 1 is 1.20 bits per heavy atom. The smallest absolute Gasteiger partial charge is 0.406 e. The Morgan fingerprint density at radius 2 is 1.84 bits per heavy atom. The first-order chi connectivity index (χ1) is 11.7. The standard InChI is InChI=1S/C16H12F3N3O3/c1-9-14(21-8-20-2)13(23)7-12(15(9)24)22-10-3-5-11(6-4-10)25-16(17,18)19/h3-8,22H,2H2,1H3. The van der Waals surface area contributed by atoms with Gasteiger partial charge in [0.1, 0.15) is 17.8 Å². The highest BCUT2D eigenvalue weighted by Crippen LogP contribution is 2.26. The Bertz CT molecular complexity index is 806. The maximum atomic E-state index is 12.3. The average Bonchev–Trinajstić information content (AvgIpc) is 2.53. The number of halogens is 3. The molecule has 0 heterocycles. The number of hydrogen-bond acceptors (Lipinski definition) is 5. The fourth-order valence-electron chi connectivity index (χ4n) is 2.01. The first kappa shape index (κ1) is 18.1. The van der Waals surface area contributed by atoms with E-state index in [0.717, 1.165) is 24.5 Å². The molecule has 1 aliphatic carbocycles. The second kappa shape index (κ2) is 7.12. The van der Waals surface area contributed by atoms with Crippen LogP contribution in [0.5, 0.6) is 5.75 Å². The van der Waals surface area contributed by atoms with Crippen molar-refractivity contribution in [3.63, 3.8) is 0 Å². The minimum absolute atomic E-state index is 0.0162. The number of allylic oxidation sites excluding steroid dienone is 2. The number of aliphatic imine (C=N–C) groups is 2. The van der Waals surface area contributed by atoms with E-state index in [1.807, 2.05) is 0 Å². The van der Waals surface area contributed by atoms with Gasteiger partial charge in [-0.15, -0.1) is 13.2 Å². The van der Waals surface area contributed by atoms with Gasteiger partial charge in [0.2, 0.25) is 11.6 Å². The van der Waals surface area contributed by atoms with Crippen LogP contribution in [0, 0.1) is 0 Å². The summed E-state index contributed by atoms with van der Waals surface area (Å²) in [5, 5.41) is 2.69. The molecule has 9 heteroatoms. The molecule has 1 aromatic carbocycles. The molecule has 2 rings (SSSR count). The molecular formula is C16H12F3N3O3. The van der Waals surface area contributed by atoms with Gasteiger partial charge in [0.25, 0.3) is 0 Å². The third kappa shape index (κ3) is 4.63. The monoisotopic (exact) mass is 351 g/mol. The lowest BCUT2D eigenvalue weighted by Gasteiger charge is -2.16. The van der Waals surface area contributed by atoms with E-state index in [2.05, 4.69) is 26.8 Å². The molecule has 1 N–H and O–H groups in total. The third-order valence-electron chi connectivity index (χ3n) is 3.08. The first-order valence-electron chi connectivity index (χ1n) is 6.84. The topological polar surface area (TPSA) is 80.1 Å². The van der Waals surface area contributed by atoms with Crippen molar-refractivity contribution >= 4 is 30.3 Å². The van der Waals surface area contributed by atoms with Crippen LogP contribution in [-0.4, -0.2) is 31.0 Å². The number of Topliss-reactive ketones (excluding diaryl/α,β-unsaturated/α-hetero) is 1. The fraction of sp³-hybridized carbons (Fsp3) is 0.125. The van der Waals surface area contributed by atoms with Gasteiger partial charge in [-0.3, -0.25) is 14.6 Å². The lowest BCUT2D eigenvalue weighted by atomic mass is 9.98. The summed E-state index contributed by atoms with van der Waals surface area (Å²) < 4.78 is 40.1. The van der Waals surface area contributed by atoms with Gasteiger partial charge in [-0.1, -0.05) is 0 Å². The van der Waals surface area contributed by atoms with Crippen LogP contribution in [0.1, 0.15) is 6.92 Å². The van der Waals surface area contributed by atoms with E-state index in [4.69, 9.17) is 0 Å². The van der Waals surface area contributed by atoms with Crippen LogP contribution < -0.4 is 10.1 Å². The average molecular weight is 351 g/mol. The SMILES string of the molecule is C=NC=NC1=C(C)C(=O)C(Nc2ccc(OC(F)(F)F)cc2)=CC1=O. The Morgan fingerprint density at radius 3 is 2.40 bits per heavy atom. The number of nitrogens with zero attached hydrogens (tertiary/aromatic N) is 2. The summed E-state index contributed by atoms with van der Waals surface area (Å²) in [5.74, 6) is -1.37. The Labute approximate surface area is 140 Å². The second-order valence-electron chi connectivity index (χ2n) is 4.85. The van der Waals surface area contributed by atoms with Gasteiger partial charge < -0.3 is 10.1 Å². The van der Waals surface area contributed by atoms with Crippen LogP contribution >= 0.6 is 0 Å². The van der Waals surface area contributed by atoms with Gasteiger partial charge in [0.05, 0.1) is 5.70 Å². The zero-order valence-electron chi connectivity index (χ0n) is 12.9. The molecule has 0 fully saturated rings. The van der Waals surface area contributed by atoms with Gasteiger partial charge in [-0.05, 0) is 37.9 Å². The van der Waals surface area contributed by atoms with Crippen molar-refractivity contribution in [2.45, 2.75) is 13.3 Å². The summed E-state index contributed by atoms with van der Waals surface area (Å²) in [6, 6.07) is 4.74. The molecule has 0 spiro atoms. The number of nitrogens with one attached hydrogen (secondary N) is 1. The van der Waals surface area contributed by atoms with Crippen LogP contribution in [0.4, 0.5) is 18.9 Å². The Hall–Kier alpha value is -3.23. The largest absolute Gasteiger partial charge is 0.573 e. The summed E-state index contributed by atoms with van der Waals surface area (Å²) in [5.41, 5.74) is 0.371. The van der Waals surface area contributed by atoms with E-state index in [9.17, 15) is 22.8 Å².